The number of piperidine rings is 1. The molecule has 0 unspecified atom stereocenters. The number of thioether (sulfide) groups is 1. The monoisotopic (exact) mass is 498 g/mol. The topological polar surface area (TPSA) is 81.4 Å². The van der Waals surface area contributed by atoms with E-state index in [0.29, 0.717) is 23.4 Å². The lowest BCUT2D eigenvalue weighted by Gasteiger charge is -2.31. The van der Waals surface area contributed by atoms with Crippen molar-refractivity contribution in [2.24, 2.45) is 0 Å². The predicted octanol–water partition coefficient (Wildman–Crippen LogP) is 5.46. The average Bonchev–Trinajstić information content (AvgIpc) is 3.51. The van der Waals surface area contributed by atoms with Gasteiger partial charge in [0.2, 0.25) is 5.91 Å². The van der Waals surface area contributed by atoms with E-state index < -0.39 is 6.10 Å². The number of hydrogen-bond acceptors (Lipinski definition) is 8. The van der Waals surface area contributed by atoms with Gasteiger partial charge in [-0.15, -0.1) is 21.5 Å². The third kappa shape index (κ3) is 5.23. The van der Waals surface area contributed by atoms with Crippen LogP contribution >= 0.6 is 23.1 Å². The number of carbonyl (C=O) groups excluding carboxylic acids is 1. The van der Waals surface area contributed by atoms with Gasteiger partial charge in [-0.2, -0.15) is 0 Å². The van der Waals surface area contributed by atoms with Crippen molar-refractivity contribution in [2.45, 2.75) is 37.0 Å². The van der Waals surface area contributed by atoms with Gasteiger partial charge in [0, 0.05) is 19.0 Å². The first kappa shape index (κ1) is 22.8. The van der Waals surface area contributed by atoms with Crippen molar-refractivity contribution in [2.75, 3.05) is 18.8 Å². The van der Waals surface area contributed by atoms with Crippen LogP contribution in [0.3, 0.4) is 0 Å². The Morgan fingerprint density at radius 3 is 2.91 bits per heavy atom. The summed E-state index contributed by atoms with van der Waals surface area (Å²) >= 11 is 2.94. The van der Waals surface area contributed by atoms with Crippen LogP contribution in [-0.2, 0) is 4.79 Å². The molecular weight excluding hydrogens is 475 g/mol. The number of amides is 1. The molecule has 0 spiro atoms. The van der Waals surface area contributed by atoms with E-state index in [1.54, 1.807) is 18.3 Å². The highest BCUT2D eigenvalue weighted by atomic mass is 32.2. The summed E-state index contributed by atoms with van der Waals surface area (Å²) in [7, 11) is 0. The van der Waals surface area contributed by atoms with Crippen molar-refractivity contribution in [3.63, 3.8) is 0 Å². The fourth-order valence-corrected chi connectivity index (χ4v) is 5.66. The van der Waals surface area contributed by atoms with Gasteiger partial charge in [0.05, 0.1) is 21.0 Å². The Bertz CT molecular complexity index is 1240. The summed E-state index contributed by atoms with van der Waals surface area (Å²) in [5.41, 5.74) is 1.02. The number of hydrogen-bond donors (Lipinski definition) is 0. The van der Waals surface area contributed by atoms with Crippen molar-refractivity contribution in [1.29, 1.82) is 0 Å². The lowest BCUT2D eigenvalue weighted by atomic mass is 9.99. The van der Waals surface area contributed by atoms with Crippen LogP contribution < -0.4 is 4.74 Å². The zero-order valence-corrected chi connectivity index (χ0v) is 20.2. The van der Waals surface area contributed by atoms with E-state index in [9.17, 15) is 9.18 Å². The number of thiazole rings is 1. The zero-order valence-electron chi connectivity index (χ0n) is 18.5. The molecule has 0 aliphatic carbocycles. The predicted molar refractivity (Wildman–Crippen MR) is 129 cm³/mol. The maximum Gasteiger partial charge on any atom is 0.277 e. The third-order valence-corrected chi connectivity index (χ3v) is 7.65. The van der Waals surface area contributed by atoms with Gasteiger partial charge in [-0.05, 0) is 56.2 Å². The molecule has 0 N–H and O–H groups in total. The molecule has 1 saturated heterocycles. The summed E-state index contributed by atoms with van der Waals surface area (Å²) in [4.78, 5) is 19.6. The van der Waals surface area contributed by atoms with Crippen molar-refractivity contribution < 1.29 is 18.3 Å². The molecule has 2 aromatic carbocycles. The molecule has 176 valence electrons. The summed E-state index contributed by atoms with van der Waals surface area (Å²) < 4.78 is 25.6. The SMILES string of the molecule is C[C@H](Oc1ccc(F)cc1)c1nnc(SCC(=O)N2CCC[C@@H](c3nc4ccccc4s3)C2)o1. The number of likely N-dealkylation sites (tertiary alicyclic amines) is 1. The minimum atomic E-state index is -0.500. The summed E-state index contributed by atoms with van der Waals surface area (Å²) in [6.45, 7) is 3.20. The zero-order chi connectivity index (χ0) is 23.5. The van der Waals surface area contributed by atoms with Crippen LogP contribution in [0.1, 0.15) is 42.7 Å². The Labute approximate surface area is 204 Å². The van der Waals surface area contributed by atoms with Crippen LogP contribution in [-0.4, -0.2) is 44.8 Å². The first-order valence-corrected chi connectivity index (χ1v) is 12.9. The Hall–Kier alpha value is -2.98. The number of halogens is 1. The van der Waals surface area contributed by atoms with Gasteiger partial charge in [-0.1, -0.05) is 23.9 Å². The Morgan fingerprint density at radius 2 is 2.09 bits per heavy atom. The van der Waals surface area contributed by atoms with Gasteiger partial charge < -0.3 is 14.1 Å². The number of rotatable bonds is 7. The molecule has 7 nitrogen and oxygen atoms in total. The molecular formula is C24H23FN4O3S2. The number of benzene rings is 2. The molecule has 1 aliphatic heterocycles. The highest BCUT2D eigenvalue weighted by Crippen LogP contribution is 2.33. The molecule has 1 fully saturated rings. The second kappa shape index (κ2) is 10.1. The molecule has 5 rings (SSSR count). The third-order valence-electron chi connectivity index (χ3n) is 5.65. The second-order valence-corrected chi connectivity index (χ2v) is 10.1. The Balaban J connectivity index is 1.15. The summed E-state index contributed by atoms with van der Waals surface area (Å²) in [5.74, 6) is 1.01. The summed E-state index contributed by atoms with van der Waals surface area (Å²) in [5, 5.41) is 9.47. The van der Waals surface area contributed by atoms with Gasteiger partial charge in [0.1, 0.15) is 11.6 Å². The first-order chi connectivity index (χ1) is 16.5. The summed E-state index contributed by atoms with van der Waals surface area (Å²) in [6, 6.07) is 13.9. The molecule has 2 aromatic heterocycles. The van der Waals surface area contributed by atoms with Gasteiger partial charge in [0.25, 0.3) is 11.1 Å². The van der Waals surface area contributed by atoms with Crippen molar-refractivity contribution in [3.8, 4) is 5.75 Å². The normalized spacial score (nSPS) is 17.1. The standard InChI is InChI=1S/C24H23FN4O3S2/c1-15(31-18-10-8-17(25)9-11-18)22-27-28-24(32-22)33-14-21(30)29-12-4-5-16(13-29)23-26-19-6-2-3-7-20(19)34-23/h2-3,6-11,15-16H,4-5,12-14H2,1H3/t15-,16+/m0/s1. The number of para-hydroxylation sites is 1. The van der Waals surface area contributed by atoms with Crippen molar-refractivity contribution >= 4 is 39.2 Å². The number of aromatic nitrogens is 3. The molecule has 10 heteroatoms. The highest BCUT2D eigenvalue weighted by molar-refractivity contribution is 7.99. The maximum absolute atomic E-state index is 13.1. The van der Waals surface area contributed by atoms with E-state index in [4.69, 9.17) is 14.1 Å². The van der Waals surface area contributed by atoms with Crippen molar-refractivity contribution in [3.05, 3.63) is 65.2 Å². The molecule has 0 bridgehead atoms. The van der Waals surface area contributed by atoms with E-state index in [1.807, 2.05) is 23.1 Å². The minimum Gasteiger partial charge on any atom is -0.481 e. The molecule has 0 radical (unpaired) electrons. The molecule has 3 heterocycles. The van der Waals surface area contributed by atoms with Crippen LogP contribution in [0, 0.1) is 5.82 Å². The second-order valence-electron chi connectivity index (χ2n) is 8.11. The average molecular weight is 499 g/mol. The van der Waals surface area contributed by atoms with E-state index in [2.05, 4.69) is 16.3 Å². The molecule has 4 aromatic rings. The fraction of sp³-hybridized carbons (Fsp3) is 0.333. The lowest BCUT2D eigenvalue weighted by molar-refractivity contribution is -0.129. The minimum absolute atomic E-state index is 0.0474. The van der Waals surface area contributed by atoms with Crippen LogP contribution in [0.15, 0.2) is 58.2 Å². The quantitative estimate of drug-likeness (QED) is 0.313. The number of fused-ring (bicyclic) bond motifs is 1. The molecule has 1 aliphatic rings. The Kier molecular flexibility index (Phi) is 6.77. The number of ether oxygens (including phenoxy) is 1. The number of nitrogens with zero attached hydrogens (tertiary/aromatic N) is 4. The van der Waals surface area contributed by atoms with Crippen LogP contribution in [0.25, 0.3) is 10.2 Å². The number of carbonyl (C=O) groups is 1. The van der Waals surface area contributed by atoms with E-state index in [0.717, 1.165) is 29.9 Å². The Morgan fingerprint density at radius 1 is 1.26 bits per heavy atom. The van der Waals surface area contributed by atoms with E-state index in [-0.39, 0.29) is 23.4 Å². The molecule has 2 atom stereocenters. The van der Waals surface area contributed by atoms with E-state index >= 15 is 0 Å². The lowest BCUT2D eigenvalue weighted by Crippen LogP contribution is -2.40. The van der Waals surface area contributed by atoms with Crippen LogP contribution in [0.4, 0.5) is 4.39 Å². The summed E-state index contributed by atoms with van der Waals surface area (Å²) in [6.07, 6.45) is 1.50. The smallest absolute Gasteiger partial charge is 0.277 e. The maximum atomic E-state index is 13.1. The van der Waals surface area contributed by atoms with E-state index in [1.165, 1.54) is 40.7 Å². The first-order valence-electron chi connectivity index (χ1n) is 11.1. The largest absolute Gasteiger partial charge is 0.481 e. The van der Waals surface area contributed by atoms with Gasteiger partial charge >= 0.3 is 0 Å². The fourth-order valence-electron chi connectivity index (χ4n) is 3.90. The highest BCUT2D eigenvalue weighted by Gasteiger charge is 2.27. The van der Waals surface area contributed by atoms with Crippen LogP contribution in [0.2, 0.25) is 0 Å². The van der Waals surface area contributed by atoms with Crippen LogP contribution in [0.5, 0.6) is 5.75 Å². The molecule has 0 saturated carbocycles. The van der Waals surface area contributed by atoms with Gasteiger partial charge in [-0.3, -0.25) is 4.79 Å². The van der Waals surface area contributed by atoms with Crippen molar-refractivity contribution in [1.82, 2.24) is 20.1 Å². The molecule has 1 amide bonds. The molecule has 34 heavy (non-hydrogen) atoms. The van der Waals surface area contributed by atoms with Gasteiger partial charge in [0.15, 0.2) is 6.10 Å². The van der Waals surface area contributed by atoms with Gasteiger partial charge in [-0.25, -0.2) is 9.37 Å².